The van der Waals surface area contributed by atoms with E-state index in [1.807, 2.05) is 30.3 Å². The number of piperidine rings is 1. The molecule has 0 saturated carbocycles. The summed E-state index contributed by atoms with van der Waals surface area (Å²) in [4.78, 5) is 49.6. The van der Waals surface area contributed by atoms with E-state index < -0.39 is 29.9 Å². The van der Waals surface area contributed by atoms with E-state index in [-0.39, 0.29) is 31.5 Å². The molecule has 1 aromatic carbocycles. The number of alkyl carbamates (subject to hydrolysis) is 1. The first-order valence-corrected chi connectivity index (χ1v) is 9.71. The Bertz CT molecular complexity index is 753. The summed E-state index contributed by atoms with van der Waals surface area (Å²) in [6.45, 7) is 1.99. The van der Waals surface area contributed by atoms with Crippen molar-refractivity contribution in [2.24, 2.45) is 5.92 Å². The molecule has 0 aliphatic carbocycles. The van der Waals surface area contributed by atoms with Gasteiger partial charge < -0.3 is 24.4 Å². The van der Waals surface area contributed by atoms with Crippen molar-refractivity contribution >= 4 is 23.8 Å². The van der Waals surface area contributed by atoms with Crippen molar-refractivity contribution < 1.29 is 33.4 Å². The maximum atomic E-state index is 12.6. The van der Waals surface area contributed by atoms with Crippen LogP contribution in [0.2, 0.25) is 0 Å². The van der Waals surface area contributed by atoms with Gasteiger partial charge in [-0.15, -0.1) is 0 Å². The van der Waals surface area contributed by atoms with Gasteiger partial charge in [-0.2, -0.15) is 0 Å². The third-order valence-electron chi connectivity index (χ3n) is 5.09. The molecule has 1 N–H and O–H groups in total. The van der Waals surface area contributed by atoms with Crippen LogP contribution in [0.4, 0.5) is 4.79 Å². The van der Waals surface area contributed by atoms with Crippen LogP contribution in [0.25, 0.3) is 0 Å². The molecule has 30 heavy (non-hydrogen) atoms. The first kappa shape index (κ1) is 23.3. The number of hydrogen-bond donors (Lipinski definition) is 1. The second-order valence-corrected chi connectivity index (χ2v) is 7.11. The van der Waals surface area contributed by atoms with Gasteiger partial charge in [0.15, 0.2) is 0 Å². The molecule has 2 rings (SSSR count). The molecule has 9 heteroatoms. The average Bonchev–Trinajstić information content (AvgIpc) is 2.76. The van der Waals surface area contributed by atoms with Crippen LogP contribution in [-0.2, 0) is 35.2 Å². The predicted octanol–water partition coefficient (Wildman–Crippen LogP) is 1.30. The molecule has 0 radical (unpaired) electrons. The maximum absolute atomic E-state index is 12.6. The number of esters is 1. The normalized spacial score (nSPS) is 19.5. The summed E-state index contributed by atoms with van der Waals surface area (Å²) < 4.78 is 15.3. The van der Waals surface area contributed by atoms with Crippen LogP contribution in [0.15, 0.2) is 30.3 Å². The van der Waals surface area contributed by atoms with Crippen LogP contribution in [0.5, 0.6) is 0 Å². The van der Waals surface area contributed by atoms with Crippen molar-refractivity contribution in [1.82, 2.24) is 10.2 Å². The molecular formula is C21H28N2O7. The van der Waals surface area contributed by atoms with E-state index in [0.29, 0.717) is 13.0 Å². The van der Waals surface area contributed by atoms with Crippen molar-refractivity contribution in [3.63, 3.8) is 0 Å². The molecule has 1 heterocycles. The van der Waals surface area contributed by atoms with Crippen LogP contribution in [0.3, 0.4) is 0 Å². The smallest absolute Gasteiger partial charge is 0.407 e. The van der Waals surface area contributed by atoms with Gasteiger partial charge in [0.25, 0.3) is 0 Å². The van der Waals surface area contributed by atoms with E-state index in [9.17, 15) is 19.2 Å². The Kier molecular flexibility index (Phi) is 8.79. The number of likely N-dealkylation sites (tertiary alicyclic amines) is 1. The first-order valence-electron chi connectivity index (χ1n) is 9.71. The van der Waals surface area contributed by atoms with Crippen molar-refractivity contribution in [2.75, 3.05) is 27.3 Å². The van der Waals surface area contributed by atoms with Gasteiger partial charge in [0, 0.05) is 26.6 Å². The number of carbonyl (C=O) groups is 4. The van der Waals surface area contributed by atoms with Gasteiger partial charge in [-0.25, -0.2) is 4.79 Å². The predicted molar refractivity (Wildman–Crippen MR) is 106 cm³/mol. The standard InChI is InChI=1S/C21H28N2O7/c1-14(24)16(20(26)29-3)11-19(25)23-10-9-17(18(12-23)28-2)22-21(27)30-13-15-7-5-4-6-8-15/h4-8,16-18H,9-13H2,1-3H3,(H,22,27). The minimum absolute atomic E-state index is 0.154. The van der Waals surface area contributed by atoms with Crippen LogP contribution in [-0.4, -0.2) is 68.1 Å². The van der Waals surface area contributed by atoms with Gasteiger partial charge in [0.1, 0.15) is 18.3 Å². The molecule has 0 aromatic heterocycles. The monoisotopic (exact) mass is 420 g/mol. The minimum Gasteiger partial charge on any atom is -0.468 e. The number of nitrogens with zero attached hydrogens (tertiary/aromatic N) is 1. The van der Waals surface area contributed by atoms with Crippen LogP contribution in [0, 0.1) is 5.92 Å². The number of benzene rings is 1. The summed E-state index contributed by atoms with van der Waals surface area (Å²) in [6.07, 6.45) is -0.808. The second-order valence-electron chi connectivity index (χ2n) is 7.11. The Morgan fingerprint density at radius 1 is 1.17 bits per heavy atom. The minimum atomic E-state index is -1.12. The summed E-state index contributed by atoms with van der Waals surface area (Å²) in [5.41, 5.74) is 0.877. The SMILES string of the molecule is COC(=O)C(CC(=O)N1CCC(NC(=O)OCc2ccccc2)C(OC)C1)C(C)=O. The Hall–Kier alpha value is -2.94. The number of hydrogen-bond acceptors (Lipinski definition) is 7. The molecule has 1 aromatic rings. The Labute approximate surface area is 175 Å². The Morgan fingerprint density at radius 3 is 2.47 bits per heavy atom. The number of methoxy groups -OCH3 is 2. The maximum Gasteiger partial charge on any atom is 0.407 e. The highest BCUT2D eigenvalue weighted by molar-refractivity contribution is 6.01. The fraction of sp³-hybridized carbons (Fsp3) is 0.524. The molecule has 3 atom stereocenters. The molecule has 0 spiro atoms. The van der Waals surface area contributed by atoms with Crippen molar-refractivity contribution in [1.29, 1.82) is 0 Å². The zero-order valence-electron chi connectivity index (χ0n) is 17.5. The van der Waals surface area contributed by atoms with Gasteiger partial charge in [-0.1, -0.05) is 30.3 Å². The van der Waals surface area contributed by atoms with E-state index >= 15 is 0 Å². The molecule has 1 aliphatic rings. The summed E-state index contributed by atoms with van der Waals surface area (Å²) >= 11 is 0. The van der Waals surface area contributed by atoms with E-state index in [4.69, 9.17) is 9.47 Å². The van der Waals surface area contributed by atoms with Gasteiger partial charge in [-0.3, -0.25) is 14.4 Å². The van der Waals surface area contributed by atoms with Crippen molar-refractivity contribution in [2.45, 2.75) is 38.5 Å². The van der Waals surface area contributed by atoms with Gasteiger partial charge in [0.2, 0.25) is 5.91 Å². The number of Topliss-reactive ketones (excluding diaryl/α,β-unsaturated/α-hetero) is 1. The van der Waals surface area contributed by atoms with Crippen molar-refractivity contribution in [3.05, 3.63) is 35.9 Å². The number of amides is 2. The molecule has 0 bridgehead atoms. The lowest BCUT2D eigenvalue weighted by atomic mass is 9.97. The van der Waals surface area contributed by atoms with E-state index in [2.05, 4.69) is 10.1 Å². The number of rotatable bonds is 8. The summed E-state index contributed by atoms with van der Waals surface area (Å²) in [5, 5.41) is 2.78. The topological polar surface area (TPSA) is 111 Å². The molecule has 1 aliphatic heterocycles. The molecule has 3 unspecified atom stereocenters. The lowest BCUT2D eigenvalue weighted by Crippen LogP contribution is -2.56. The van der Waals surface area contributed by atoms with E-state index in [1.165, 1.54) is 26.0 Å². The number of nitrogens with one attached hydrogen (secondary N) is 1. The lowest BCUT2D eigenvalue weighted by Gasteiger charge is -2.38. The quantitative estimate of drug-likeness (QED) is 0.498. The summed E-state index contributed by atoms with van der Waals surface area (Å²) in [7, 11) is 2.67. The summed E-state index contributed by atoms with van der Waals surface area (Å²) in [6, 6.07) is 9.00. The van der Waals surface area contributed by atoms with Gasteiger partial charge >= 0.3 is 12.1 Å². The molecule has 164 valence electrons. The second kappa shape index (κ2) is 11.3. The van der Waals surface area contributed by atoms with E-state index in [1.54, 1.807) is 0 Å². The van der Waals surface area contributed by atoms with Crippen LogP contribution >= 0.6 is 0 Å². The van der Waals surface area contributed by atoms with Gasteiger partial charge in [0.05, 0.1) is 19.3 Å². The molecule has 9 nitrogen and oxygen atoms in total. The highest BCUT2D eigenvalue weighted by Gasteiger charge is 2.35. The van der Waals surface area contributed by atoms with Gasteiger partial charge in [-0.05, 0) is 18.9 Å². The third kappa shape index (κ3) is 6.55. The number of carbonyl (C=O) groups excluding carboxylic acids is 4. The number of ketones is 1. The molecular weight excluding hydrogens is 392 g/mol. The van der Waals surface area contributed by atoms with Crippen LogP contribution < -0.4 is 5.32 Å². The highest BCUT2D eigenvalue weighted by atomic mass is 16.5. The fourth-order valence-corrected chi connectivity index (χ4v) is 3.30. The number of ether oxygens (including phenoxy) is 3. The van der Waals surface area contributed by atoms with Crippen LogP contribution in [0.1, 0.15) is 25.3 Å². The zero-order valence-corrected chi connectivity index (χ0v) is 17.5. The van der Waals surface area contributed by atoms with Crippen molar-refractivity contribution in [3.8, 4) is 0 Å². The lowest BCUT2D eigenvalue weighted by molar-refractivity contribution is -0.153. The first-order chi connectivity index (χ1) is 14.3. The third-order valence-corrected chi connectivity index (χ3v) is 5.09. The van der Waals surface area contributed by atoms with E-state index in [0.717, 1.165) is 5.56 Å². The summed E-state index contributed by atoms with van der Waals surface area (Å²) in [5.74, 6) is -2.60. The molecule has 1 saturated heterocycles. The average molecular weight is 420 g/mol. The highest BCUT2D eigenvalue weighted by Crippen LogP contribution is 2.18. The molecule has 2 amide bonds. The molecule has 1 fully saturated rings. The largest absolute Gasteiger partial charge is 0.468 e. The zero-order chi connectivity index (χ0) is 22.1. The Morgan fingerprint density at radius 2 is 1.87 bits per heavy atom. The fourth-order valence-electron chi connectivity index (χ4n) is 3.30. The Balaban J connectivity index is 1.87.